The highest BCUT2D eigenvalue weighted by Crippen LogP contribution is 2.32. The third-order valence-corrected chi connectivity index (χ3v) is 4.67. The Morgan fingerprint density at radius 3 is 2.73 bits per heavy atom. The fraction of sp³-hybridized carbons (Fsp3) is 0.263. The van der Waals surface area contributed by atoms with Crippen LogP contribution in [0.1, 0.15) is 46.7 Å². The summed E-state index contributed by atoms with van der Waals surface area (Å²) in [5.74, 6) is 1.34. The molecule has 132 valence electrons. The van der Waals surface area contributed by atoms with Gasteiger partial charge < -0.3 is 9.32 Å². The Hall–Kier alpha value is -2.73. The SMILES string of the molecule is O=C(c1ncccn1)N1CCCC1c1ncc(Cc2ccc(Cl)cc2)o1. The lowest BCUT2D eigenvalue weighted by atomic mass is 10.1. The van der Waals surface area contributed by atoms with Gasteiger partial charge in [-0.15, -0.1) is 0 Å². The maximum Gasteiger partial charge on any atom is 0.292 e. The minimum atomic E-state index is -0.189. The van der Waals surface area contributed by atoms with Crippen molar-refractivity contribution in [2.75, 3.05) is 6.54 Å². The van der Waals surface area contributed by atoms with Crippen molar-refractivity contribution in [2.45, 2.75) is 25.3 Å². The number of likely N-dealkylation sites (tertiary alicyclic amines) is 1. The molecule has 4 rings (SSSR count). The van der Waals surface area contributed by atoms with E-state index in [0.717, 1.165) is 24.2 Å². The molecule has 26 heavy (non-hydrogen) atoms. The molecule has 1 aromatic carbocycles. The van der Waals surface area contributed by atoms with Crippen molar-refractivity contribution in [3.05, 3.63) is 77.0 Å². The predicted molar refractivity (Wildman–Crippen MR) is 95.8 cm³/mol. The van der Waals surface area contributed by atoms with E-state index in [-0.39, 0.29) is 17.8 Å². The highest BCUT2D eigenvalue weighted by molar-refractivity contribution is 6.30. The number of hydrogen-bond acceptors (Lipinski definition) is 5. The molecule has 0 aliphatic carbocycles. The second kappa shape index (κ2) is 7.25. The van der Waals surface area contributed by atoms with Crippen LogP contribution >= 0.6 is 11.6 Å². The fourth-order valence-corrected chi connectivity index (χ4v) is 3.29. The van der Waals surface area contributed by atoms with Gasteiger partial charge in [0.15, 0.2) is 0 Å². The highest BCUT2D eigenvalue weighted by Gasteiger charge is 2.34. The number of halogens is 1. The summed E-state index contributed by atoms with van der Waals surface area (Å²) in [5.41, 5.74) is 1.09. The number of carbonyl (C=O) groups is 1. The number of oxazole rings is 1. The first kappa shape index (κ1) is 16.7. The third kappa shape index (κ3) is 3.46. The van der Waals surface area contributed by atoms with E-state index in [0.29, 0.717) is 23.9 Å². The van der Waals surface area contributed by atoms with Crippen molar-refractivity contribution in [3.63, 3.8) is 0 Å². The quantitative estimate of drug-likeness (QED) is 0.702. The zero-order chi connectivity index (χ0) is 17.9. The van der Waals surface area contributed by atoms with Crippen LogP contribution < -0.4 is 0 Å². The average molecular weight is 369 g/mol. The lowest BCUT2D eigenvalue weighted by Crippen LogP contribution is -2.32. The standard InChI is InChI=1S/C19H17ClN4O2/c20-14-6-4-13(5-7-14)11-15-12-23-18(26-15)16-3-1-10-24(16)19(25)17-21-8-2-9-22-17/h2,4-9,12,16H,1,3,10-11H2. The van der Waals surface area contributed by atoms with Crippen LogP contribution in [0, 0.1) is 0 Å². The van der Waals surface area contributed by atoms with Gasteiger partial charge in [-0.05, 0) is 36.6 Å². The fourth-order valence-electron chi connectivity index (χ4n) is 3.17. The van der Waals surface area contributed by atoms with E-state index >= 15 is 0 Å². The van der Waals surface area contributed by atoms with Crippen LogP contribution in [0.4, 0.5) is 0 Å². The average Bonchev–Trinajstić information content (AvgIpc) is 3.33. The van der Waals surface area contributed by atoms with Crippen molar-refractivity contribution in [1.29, 1.82) is 0 Å². The van der Waals surface area contributed by atoms with Gasteiger partial charge in [-0.25, -0.2) is 15.0 Å². The first-order valence-electron chi connectivity index (χ1n) is 8.48. The van der Waals surface area contributed by atoms with Gasteiger partial charge in [-0.2, -0.15) is 0 Å². The lowest BCUT2D eigenvalue weighted by Gasteiger charge is -2.21. The maximum absolute atomic E-state index is 12.7. The molecule has 0 spiro atoms. The number of carbonyl (C=O) groups excluding carboxylic acids is 1. The molecule has 0 saturated carbocycles. The Morgan fingerprint density at radius 1 is 1.19 bits per heavy atom. The predicted octanol–water partition coefficient (Wildman–Crippen LogP) is 3.69. The Kier molecular flexibility index (Phi) is 4.67. The van der Waals surface area contributed by atoms with E-state index in [1.807, 2.05) is 24.3 Å². The van der Waals surface area contributed by atoms with E-state index < -0.39 is 0 Å². The van der Waals surface area contributed by atoms with Crippen LogP contribution in [-0.2, 0) is 6.42 Å². The molecule has 1 amide bonds. The number of nitrogens with zero attached hydrogens (tertiary/aromatic N) is 4. The Balaban J connectivity index is 1.51. The largest absolute Gasteiger partial charge is 0.443 e. The monoisotopic (exact) mass is 368 g/mol. The smallest absolute Gasteiger partial charge is 0.292 e. The van der Waals surface area contributed by atoms with Crippen LogP contribution in [0.2, 0.25) is 5.02 Å². The molecular weight excluding hydrogens is 352 g/mol. The summed E-state index contributed by atoms with van der Waals surface area (Å²) in [4.78, 5) is 26.9. The Labute approximate surface area is 155 Å². The van der Waals surface area contributed by atoms with E-state index in [4.69, 9.17) is 16.0 Å². The molecule has 1 unspecified atom stereocenters. The molecule has 1 aliphatic heterocycles. The van der Waals surface area contributed by atoms with Gasteiger partial charge in [0.25, 0.3) is 5.91 Å². The van der Waals surface area contributed by atoms with Gasteiger partial charge in [0.05, 0.1) is 6.20 Å². The first-order valence-corrected chi connectivity index (χ1v) is 8.85. The molecule has 2 aromatic heterocycles. The molecule has 6 nitrogen and oxygen atoms in total. The van der Waals surface area contributed by atoms with Crippen molar-refractivity contribution >= 4 is 17.5 Å². The Morgan fingerprint density at radius 2 is 1.96 bits per heavy atom. The van der Waals surface area contributed by atoms with Crippen molar-refractivity contribution in [2.24, 2.45) is 0 Å². The summed E-state index contributed by atoms with van der Waals surface area (Å²) in [6.45, 7) is 0.649. The van der Waals surface area contributed by atoms with Gasteiger partial charge in [0.2, 0.25) is 11.7 Å². The highest BCUT2D eigenvalue weighted by atomic mass is 35.5. The van der Waals surface area contributed by atoms with E-state index in [1.54, 1.807) is 29.6 Å². The van der Waals surface area contributed by atoms with E-state index in [2.05, 4.69) is 15.0 Å². The van der Waals surface area contributed by atoms with Gasteiger partial charge in [0, 0.05) is 30.4 Å². The third-order valence-electron chi connectivity index (χ3n) is 4.42. The Bertz CT molecular complexity index is 895. The zero-order valence-electron chi connectivity index (χ0n) is 14.0. The number of amides is 1. The van der Waals surface area contributed by atoms with Crippen molar-refractivity contribution < 1.29 is 9.21 Å². The van der Waals surface area contributed by atoms with Crippen LogP contribution in [0.25, 0.3) is 0 Å². The number of rotatable bonds is 4. The molecular formula is C19H17ClN4O2. The lowest BCUT2D eigenvalue weighted by molar-refractivity contribution is 0.0702. The number of benzene rings is 1. The van der Waals surface area contributed by atoms with E-state index in [1.165, 1.54) is 0 Å². The van der Waals surface area contributed by atoms with Crippen LogP contribution in [0.15, 0.2) is 53.3 Å². The van der Waals surface area contributed by atoms with E-state index in [9.17, 15) is 4.79 Å². The number of aromatic nitrogens is 3. The minimum absolute atomic E-state index is 0.176. The summed E-state index contributed by atoms with van der Waals surface area (Å²) < 4.78 is 5.94. The molecule has 7 heteroatoms. The molecule has 1 atom stereocenters. The summed E-state index contributed by atoms with van der Waals surface area (Å²) in [7, 11) is 0. The van der Waals surface area contributed by atoms with Gasteiger partial charge in [-0.3, -0.25) is 4.79 Å². The maximum atomic E-state index is 12.7. The molecule has 0 N–H and O–H groups in total. The molecule has 1 fully saturated rings. The molecule has 3 aromatic rings. The second-order valence-corrected chi connectivity index (χ2v) is 6.63. The van der Waals surface area contributed by atoms with Gasteiger partial charge >= 0.3 is 0 Å². The molecule has 0 bridgehead atoms. The summed E-state index contributed by atoms with van der Waals surface area (Å²) in [6, 6.07) is 9.14. The summed E-state index contributed by atoms with van der Waals surface area (Å²) in [5, 5.41) is 0.704. The summed E-state index contributed by atoms with van der Waals surface area (Å²) in [6.07, 6.45) is 7.22. The normalized spacial score (nSPS) is 16.8. The van der Waals surface area contributed by atoms with Crippen molar-refractivity contribution in [3.8, 4) is 0 Å². The molecule has 1 aliphatic rings. The number of hydrogen-bond donors (Lipinski definition) is 0. The van der Waals surface area contributed by atoms with Gasteiger partial charge in [0.1, 0.15) is 11.8 Å². The topological polar surface area (TPSA) is 72.1 Å². The van der Waals surface area contributed by atoms with Crippen LogP contribution in [0.3, 0.4) is 0 Å². The van der Waals surface area contributed by atoms with Crippen molar-refractivity contribution in [1.82, 2.24) is 19.9 Å². The summed E-state index contributed by atoms with van der Waals surface area (Å²) >= 11 is 5.92. The minimum Gasteiger partial charge on any atom is -0.443 e. The second-order valence-electron chi connectivity index (χ2n) is 6.20. The first-order chi connectivity index (χ1) is 12.7. The van der Waals surface area contributed by atoms with Crippen LogP contribution in [-0.4, -0.2) is 32.3 Å². The molecule has 1 saturated heterocycles. The van der Waals surface area contributed by atoms with Crippen LogP contribution in [0.5, 0.6) is 0 Å². The van der Waals surface area contributed by atoms with Gasteiger partial charge in [-0.1, -0.05) is 23.7 Å². The zero-order valence-corrected chi connectivity index (χ0v) is 14.8. The molecule has 0 radical (unpaired) electrons. The molecule has 3 heterocycles.